The largest absolute Gasteiger partial charge is 0.497 e. The molecule has 0 unspecified atom stereocenters. The van der Waals surface area contributed by atoms with Gasteiger partial charge in [-0.25, -0.2) is 4.98 Å². The van der Waals surface area contributed by atoms with Crippen LogP contribution in [0.5, 0.6) is 5.75 Å². The number of amides is 2. The second kappa shape index (κ2) is 5.94. The highest BCUT2D eigenvalue weighted by Gasteiger charge is 2.32. The quantitative estimate of drug-likeness (QED) is 0.770. The Hall–Kier alpha value is -3.35. The minimum absolute atomic E-state index is 0.0587. The van der Waals surface area contributed by atoms with Crippen LogP contribution in [0.2, 0.25) is 0 Å². The molecule has 1 aliphatic rings. The molecule has 2 N–H and O–H groups in total. The summed E-state index contributed by atoms with van der Waals surface area (Å²) in [5, 5.41) is 5.58. The molecule has 2 amide bonds. The molecule has 0 aliphatic carbocycles. The number of anilines is 2. The third-order valence-corrected chi connectivity index (χ3v) is 4.18. The molecule has 1 aliphatic heterocycles. The van der Waals surface area contributed by atoms with Crippen molar-refractivity contribution in [3.63, 3.8) is 0 Å². The predicted octanol–water partition coefficient (Wildman–Crippen LogP) is 2.57. The number of carbonyl (C=O) groups excluding carboxylic acids is 2. The van der Waals surface area contributed by atoms with Crippen molar-refractivity contribution in [2.24, 2.45) is 0 Å². The Morgan fingerprint density at radius 2 is 2.12 bits per heavy atom. The zero-order valence-electron chi connectivity index (χ0n) is 13.5. The third-order valence-electron chi connectivity index (χ3n) is 4.18. The van der Waals surface area contributed by atoms with E-state index < -0.39 is 6.04 Å². The number of nitrogens with zero attached hydrogens (tertiary/aromatic N) is 2. The molecule has 3 aromatic rings. The average Bonchev–Trinajstić information content (AvgIpc) is 2.99. The van der Waals surface area contributed by atoms with Crippen LogP contribution < -0.4 is 15.4 Å². The van der Waals surface area contributed by atoms with Gasteiger partial charge in [0.15, 0.2) is 0 Å². The van der Waals surface area contributed by atoms with Gasteiger partial charge in [0.25, 0.3) is 0 Å². The van der Waals surface area contributed by atoms with Crippen LogP contribution in [0.15, 0.2) is 48.5 Å². The Morgan fingerprint density at radius 1 is 1.28 bits per heavy atom. The molecule has 126 valence electrons. The SMILES string of the molecule is COc1cccc(NC(=O)[C@H]2CC(=O)Nc3nc4ccccc4n32)c1. The molecule has 7 heteroatoms. The van der Waals surface area contributed by atoms with Crippen molar-refractivity contribution in [1.29, 1.82) is 0 Å². The Morgan fingerprint density at radius 3 is 2.96 bits per heavy atom. The number of carbonyl (C=O) groups is 2. The van der Waals surface area contributed by atoms with Crippen LogP contribution in [0.25, 0.3) is 11.0 Å². The van der Waals surface area contributed by atoms with Gasteiger partial charge in [0.2, 0.25) is 17.8 Å². The summed E-state index contributed by atoms with van der Waals surface area (Å²) in [4.78, 5) is 29.2. The number of hydrogen-bond acceptors (Lipinski definition) is 4. The van der Waals surface area contributed by atoms with Crippen LogP contribution in [-0.2, 0) is 9.59 Å². The lowest BCUT2D eigenvalue weighted by Gasteiger charge is -2.25. The van der Waals surface area contributed by atoms with E-state index in [0.717, 1.165) is 11.0 Å². The van der Waals surface area contributed by atoms with Gasteiger partial charge in [0.1, 0.15) is 11.8 Å². The molecular formula is C18H16N4O3. The van der Waals surface area contributed by atoms with Crippen LogP contribution in [0, 0.1) is 0 Å². The summed E-state index contributed by atoms with van der Waals surface area (Å²) in [6, 6.07) is 13.9. The highest BCUT2D eigenvalue weighted by atomic mass is 16.5. The van der Waals surface area contributed by atoms with E-state index in [1.54, 1.807) is 35.9 Å². The van der Waals surface area contributed by atoms with Crippen LogP contribution in [0.1, 0.15) is 12.5 Å². The first-order valence-electron chi connectivity index (χ1n) is 7.87. The Labute approximate surface area is 143 Å². The smallest absolute Gasteiger partial charge is 0.248 e. The van der Waals surface area contributed by atoms with Crippen molar-refractivity contribution in [3.05, 3.63) is 48.5 Å². The van der Waals surface area contributed by atoms with Gasteiger partial charge in [-0.1, -0.05) is 18.2 Å². The maximum absolute atomic E-state index is 12.8. The Balaban J connectivity index is 1.70. The topological polar surface area (TPSA) is 85.2 Å². The predicted molar refractivity (Wildman–Crippen MR) is 93.6 cm³/mol. The fourth-order valence-corrected chi connectivity index (χ4v) is 3.03. The molecule has 0 radical (unpaired) electrons. The van der Waals surface area contributed by atoms with Gasteiger partial charge >= 0.3 is 0 Å². The molecule has 1 aromatic heterocycles. The van der Waals surface area contributed by atoms with Crippen LogP contribution in [0.4, 0.5) is 11.6 Å². The average molecular weight is 336 g/mol. The van der Waals surface area contributed by atoms with Crippen LogP contribution >= 0.6 is 0 Å². The summed E-state index contributed by atoms with van der Waals surface area (Å²) in [7, 11) is 1.57. The fourth-order valence-electron chi connectivity index (χ4n) is 3.03. The van der Waals surface area contributed by atoms with E-state index in [0.29, 0.717) is 17.4 Å². The number of hydrogen-bond donors (Lipinski definition) is 2. The Kier molecular flexibility index (Phi) is 3.61. The second-order valence-corrected chi connectivity index (χ2v) is 5.78. The number of methoxy groups -OCH3 is 1. The molecule has 0 saturated heterocycles. The number of imidazole rings is 1. The normalized spacial score (nSPS) is 16.2. The molecule has 4 rings (SSSR count). The molecule has 1 atom stereocenters. The van der Waals surface area contributed by atoms with Crippen LogP contribution in [-0.4, -0.2) is 28.5 Å². The first kappa shape index (κ1) is 15.2. The summed E-state index contributed by atoms with van der Waals surface area (Å²) in [5.74, 6) is 0.539. The summed E-state index contributed by atoms with van der Waals surface area (Å²) in [6.45, 7) is 0. The molecule has 2 heterocycles. The minimum Gasteiger partial charge on any atom is -0.497 e. The van der Waals surface area contributed by atoms with E-state index in [9.17, 15) is 9.59 Å². The molecular weight excluding hydrogens is 320 g/mol. The van der Waals surface area contributed by atoms with E-state index in [1.165, 1.54) is 0 Å². The molecule has 0 spiro atoms. The lowest BCUT2D eigenvalue weighted by atomic mass is 10.1. The number of benzene rings is 2. The standard InChI is InChI=1S/C18H16N4O3/c1-25-12-6-4-5-11(9-12)19-17(24)15-10-16(23)21-18-20-13-7-2-3-8-14(13)22(15)18/h2-9,15H,10H2,1H3,(H,19,24)(H,20,21,23)/t15-/m1/s1. The van der Waals surface area contributed by atoms with Gasteiger partial charge in [-0.2, -0.15) is 0 Å². The maximum atomic E-state index is 12.8. The summed E-state index contributed by atoms with van der Waals surface area (Å²) < 4.78 is 6.94. The van der Waals surface area contributed by atoms with Gasteiger partial charge < -0.3 is 10.1 Å². The van der Waals surface area contributed by atoms with Crippen molar-refractivity contribution in [2.75, 3.05) is 17.7 Å². The number of aromatic nitrogens is 2. The maximum Gasteiger partial charge on any atom is 0.248 e. The fraction of sp³-hybridized carbons (Fsp3) is 0.167. The first-order valence-corrected chi connectivity index (χ1v) is 7.87. The molecule has 2 aromatic carbocycles. The van der Waals surface area contributed by atoms with Crippen molar-refractivity contribution >= 4 is 34.5 Å². The van der Waals surface area contributed by atoms with Gasteiger partial charge in [0.05, 0.1) is 24.6 Å². The number of nitrogens with one attached hydrogen (secondary N) is 2. The van der Waals surface area contributed by atoms with Gasteiger partial charge in [-0.15, -0.1) is 0 Å². The monoisotopic (exact) mass is 336 g/mol. The van der Waals surface area contributed by atoms with E-state index in [-0.39, 0.29) is 18.2 Å². The number of para-hydroxylation sites is 2. The number of ether oxygens (including phenoxy) is 1. The van der Waals surface area contributed by atoms with Gasteiger partial charge in [0, 0.05) is 11.8 Å². The van der Waals surface area contributed by atoms with E-state index >= 15 is 0 Å². The lowest BCUT2D eigenvalue weighted by Crippen LogP contribution is -2.35. The molecule has 0 bridgehead atoms. The zero-order valence-corrected chi connectivity index (χ0v) is 13.5. The van der Waals surface area contributed by atoms with Crippen LogP contribution in [0.3, 0.4) is 0 Å². The van der Waals surface area contributed by atoms with E-state index in [1.807, 2.05) is 24.3 Å². The van der Waals surface area contributed by atoms with Crippen molar-refractivity contribution in [2.45, 2.75) is 12.5 Å². The molecule has 7 nitrogen and oxygen atoms in total. The third kappa shape index (κ3) is 2.69. The summed E-state index contributed by atoms with van der Waals surface area (Å²) in [5.41, 5.74) is 2.16. The molecule has 25 heavy (non-hydrogen) atoms. The second-order valence-electron chi connectivity index (χ2n) is 5.78. The highest BCUT2D eigenvalue weighted by Crippen LogP contribution is 2.31. The number of rotatable bonds is 3. The first-order chi connectivity index (χ1) is 12.2. The van der Waals surface area contributed by atoms with Crippen molar-refractivity contribution < 1.29 is 14.3 Å². The molecule has 0 saturated carbocycles. The van der Waals surface area contributed by atoms with Gasteiger partial charge in [-0.3, -0.25) is 19.5 Å². The minimum atomic E-state index is -0.664. The lowest BCUT2D eigenvalue weighted by molar-refractivity contribution is -0.124. The molecule has 0 fully saturated rings. The zero-order chi connectivity index (χ0) is 17.4. The number of fused-ring (bicyclic) bond motifs is 3. The van der Waals surface area contributed by atoms with E-state index in [2.05, 4.69) is 15.6 Å². The Bertz CT molecular complexity index is 979. The summed E-state index contributed by atoms with van der Waals surface area (Å²) in [6.07, 6.45) is 0.0587. The van der Waals surface area contributed by atoms with Gasteiger partial charge in [-0.05, 0) is 24.3 Å². The van der Waals surface area contributed by atoms with Crippen molar-refractivity contribution in [1.82, 2.24) is 9.55 Å². The van der Waals surface area contributed by atoms with Crippen molar-refractivity contribution in [3.8, 4) is 5.75 Å². The van der Waals surface area contributed by atoms with E-state index in [4.69, 9.17) is 4.74 Å². The summed E-state index contributed by atoms with van der Waals surface area (Å²) >= 11 is 0. The highest BCUT2D eigenvalue weighted by molar-refractivity contribution is 6.03.